The van der Waals surface area contributed by atoms with E-state index in [2.05, 4.69) is 0 Å². The van der Waals surface area contributed by atoms with Gasteiger partial charge in [0.1, 0.15) is 11.3 Å². The molecule has 1 aromatic rings. The van der Waals surface area contributed by atoms with Gasteiger partial charge in [0.15, 0.2) is 6.10 Å². The summed E-state index contributed by atoms with van der Waals surface area (Å²) in [7, 11) is 1.47. The van der Waals surface area contributed by atoms with E-state index in [1.165, 1.54) is 25.8 Å². The molecule has 0 aliphatic carbocycles. The molecule has 2 N–H and O–H groups in total. The Morgan fingerprint density at radius 1 is 1.39 bits per heavy atom. The first-order valence-corrected chi connectivity index (χ1v) is 6.44. The minimum atomic E-state index is -0.970. The molecule has 18 heavy (non-hydrogen) atoms. The molecular weight excluding hydrogens is 254 g/mol. The standard InChI is InChI=1S/C12H15NO4S/c1-7(11(13)14)17-12(15)9-5-4-8(18-3)6-10(9)16-2/h4-7H,1-3H3,(H2,13,14)/t7-/m1/s1. The number of ether oxygens (including phenoxy) is 2. The van der Waals surface area contributed by atoms with Gasteiger partial charge in [-0.25, -0.2) is 4.79 Å². The van der Waals surface area contributed by atoms with E-state index >= 15 is 0 Å². The summed E-state index contributed by atoms with van der Waals surface area (Å²) < 4.78 is 10.0. The number of nitrogens with two attached hydrogens (primary N) is 1. The second-order valence-electron chi connectivity index (χ2n) is 3.52. The van der Waals surface area contributed by atoms with Crippen molar-refractivity contribution in [2.45, 2.75) is 17.9 Å². The zero-order valence-electron chi connectivity index (χ0n) is 10.4. The third kappa shape index (κ3) is 3.40. The number of benzene rings is 1. The monoisotopic (exact) mass is 269 g/mol. The van der Waals surface area contributed by atoms with Crippen LogP contribution in [0.3, 0.4) is 0 Å². The molecule has 6 heteroatoms. The summed E-state index contributed by atoms with van der Waals surface area (Å²) in [5.41, 5.74) is 5.29. The van der Waals surface area contributed by atoms with Crippen molar-refractivity contribution < 1.29 is 19.1 Å². The summed E-state index contributed by atoms with van der Waals surface area (Å²) in [6, 6.07) is 5.11. The number of esters is 1. The fraction of sp³-hybridized carbons (Fsp3) is 0.333. The van der Waals surface area contributed by atoms with Crippen molar-refractivity contribution in [3.63, 3.8) is 0 Å². The molecule has 0 radical (unpaired) electrons. The van der Waals surface area contributed by atoms with Gasteiger partial charge in [0.25, 0.3) is 5.91 Å². The number of carbonyl (C=O) groups is 2. The summed E-state index contributed by atoms with van der Waals surface area (Å²) in [5.74, 6) is -0.919. The first kappa shape index (κ1) is 14.4. The van der Waals surface area contributed by atoms with E-state index in [1.54, 1.807) is 18.2 Å². The van der Waals surface area contributed by atoms with Crippen molar-refractivity contribution in [3.05, 3.63) is 23.8 Å². The highest BCUT2D eigenvalue weighted by Gasteiger charge is 2.19. The van der Waals surface area contributed by atoms with Gasteiger partial charge in [0.05, 0.1) is 7.11 Å². The van der Waals surface area contributed by atoms with Crippen molar-refractivity contribution in [1.82, 2.24) is 0 Å². The Morgan fingerprint density at radius 3 is 2.56 bits per heavy atom. The van der Waals surface area contributed by atoms with Gasteiger partial charge in [-0.15, -0.1) is 11.8 Å². The Labute approximate surface area is 110 Å². The highest BCUT2D eigenvalue weighted by molar-refractivity contribution is 7.98. The highest BCUT2D eigenvalue weighted by atomic mass is 32.2. The third-order valence-electron chi connectivity index (χ3n) is 2.31. The molecule has 5 nitrogen and oxygen atoms in total. The maximum Gasteiger partial charge on any atom is 0.342 e. The number of primary amides is 1. The highest BCUT2D eigenvalue weighted by Crippen LogP contribution is 2.26. The summed E-state index contributed by atoms with van der Waals surface area (Å²) in [4.78, 5) is 23.6. The van der Waals surface area contributed by atoms with Gasteiger partial charge < -0.3 is 15.2 Å². The molecule has 1 aromatic carbocycles. The van der Waals surface area contributed by atoms with E-state index in [4.69, 9.17) is 15.2 Å². The molecule has 0 heterocycles. The molecule has 0 spiro atoms. The second kappa shape index (κ2) is 6.30. The molecule has 0 aliphatic rings. The molecule has 0 saturated carbocycles. The fourth-order valence-corrected chi connectivity index (χ4v) is 1.68. The average molecular weight is 269 g/mol. The van der Waals surface area contributed by atoms with Crippen LogP contribution in [0.15, 0.2) is 23.1 Å². The summed E-state index contributed by atoms with van der Waals surface area (Å²) in [6.07, 6.45) is 0.949. The number of methoxy groups -OCH3 is 1. The molecule has 98 valence electrons. The lowest BCUT2D eigenvalue weighted by atomic mass is 10.2. The Morgan fingerprint density at radius 2 is 2.06 bits per heavy atom. The summed E-state index contributed by atoms with van der Waals surface area (Å²) in [6.45, 7) is 1.42. The Hall–Kier alpha value is -1.69. The fourth-order valence-electron chi connectivity index (χ4n) is 1.25. The van der Waals surface area contributed by atoms with E-state index in [0.29, 0.717) is 5.75 Å². The molecular formula is C12H15NO4S. The van der Waals surface area contributed by atoms with Crippen molar-refractivity contribution >= 4 is 23.6 Å². The van der Waals surface area contributed by atoms with E-state index in [9.17, 15) is 9.59 Å². The lowest BCUT2D eigenvalue weighted by molar-refractivity contribution is -0.125. The molecule has 0 fully saturated rings. The molecule has 0 bridgehead atoms. The van der Waals surface area contributed by atoms with Crippen molar-refractivity contribution in [3.8, 4) is 5.75 Å². The third-order valence-corrected chi connectivity index (χ3v) is 3.04. The van der Waals surface area contributed by atoms with Crippen LogP contribution in [-0.2, 0) is 9.53 Å². The number of thioether (sulfide) groups is 1. The quantitative estimate of drug-likeness (QED) is 0.646. The molecule has 1 atom stereocenters. The normalized spacial score (nSPS) is 11.7. The van der Waals surface area contributed by atoms with Gasteiger partial charge >= 0.3 is 5.97 Å². The number of rotatable bonds is 5. The van der Waals surface area contributed by atoms with E-state index in [1.807, 2.05) is 6.26 Å². The second-order valence-corrected chi connectivity index (χ2v) is 4.40. The summed E-state index contributed by atoms with van der Waals surface area (Å²) in [5, 5.41) is 0. The minimum Gasteiger partial charge on any atom is -0.496 e. The van der Waals surface area contributed by atoms with Crippen LogP contribution in [0.1, 0.15) is 17.3 Å². The van der Waals surface area contributed by atoms with Crippen molar-refractivity contribution in [2.75, 3.05) is 13.4 Å². The SMILES string of the molecule is COc1cc(SC)ccc1C(=O)O[C@H](C)C(N)=O. The van der Waals surface area contributed by atoms with Gasteiger partial charge in [-0.3, -0.25) is 4.79 Å². The lowest BCUT2D eigenvalue weighted by Crippen LogP contribution is -2.30. The van der Waals surface area contributed by atoms with Crippen molar-refractivity contribution in [2.24, 2.45) is 5.73 Å². The van der Waals surface area contributed by atoms with Crippen LogP contribution in [0, 0.1) is 0 Å². The largest absolute Gasteiger partial charge is 0.496 e. The predicted octanol–water partition coefficient (Wildman–Crippen LogP) is 1.45. The maximum atomic E-state index is 11.8. The van der Waals surface area contributed by atoms with Crippen LogP contribution in [0.2, 0.25) is 0 Å². The van der Waals surface area contributed by atoms with Gasteiger partial charge in [-0.2, -0.15) is 0 Å². The van der Waals surface area contributed by atoms with Crippen LogP contribution in [0.25, 0.3) is 0 Å². The van der Waals surface area contributed by atoms with Crippen LogP contribution in [-0.4, -0.2) is 31.3 Å². The summed E-state index contributed by atoms with van der Waals surface area (Å²) >= 11 is 1.53. The van der Waals surface area contributed by atoms with Crippen LogP contribution in [0.5, 0.6) is 5.75 Å². The molecule has 1 amide bonds. The lowest BCUT2D eigenvalue weighted by Gasteiger charge is -2.12. The van der Waals surface area contributed by atoms with Crippen LogP contribution >= 0.6 is 11.8 Å². The Bertz CT molecular complexity index is 461. The van der Waals surface area contributed by atoms with Gasteiger partial charge in [0.2, 0.25) is 0 Å². The first-order valence-electron chi connectivity index (χ1n) is 5.22. The van der Waals surface area contributed by atoms with Gasteiger partial charge in [0, 0.05) is 4.90 Å². The number of hydrogen-bond donors (Lipinski definition) is 1. The van der Waals surface area contributed by atoms with Gasteiger partial charge in [-0.05, 0) is 31.4 Å². The van der Waals surface area contributed by atoms with Crippen molar-refractivity contribution in [1.29, 1.82) is 0 Å². The van der Waals surface area contributed by atoms with Crippen LogP contribution < -0.4 is 10.5 Å². The van der Waals surface area contributed by atoms with E-state index in [0.717, 1.165) is 4.90 Å². The number of carbonyl (C=O) groups excluding carboxylic acids is 2. The molecule has 0 saturated heterocycles. The smallest absolute Gasteiger partial charge is 0.342 e. The Kier molecular flexibility index (Phi) is 5.03. The maximum absolute atomic E-state index is 11.8. The topological polar surface area (TPSA) is 78.6 Å². The minimum absolute atomic E-state index is 0.267. The predicted molar refractivity (Wildman–Crippen MR) is 68.8 cm³/mol. The van der Waals surface area contributed by atoms with E-state index in [-0.39, 0.29) is 5.56 Å². The van der Waals surface area contributed by atoms with Crippen LogP contribution in [0.4, 0.5) is 0 Å². The zero-order chi connectivity index (χ0) is 13.7. The van der Waals surface area contributed by atoms with E-state index < -0.39 is 18.0 Å². The molecule has 0 aromatic heterocycles. The molecule has 0 aliphatic heterocycles. The average Bonchev–Trinajstić information content (AvgIpc) is 2.37. The number of amides is 1. The first-order chi connectivity index (χ1) is 8.49. The molecule has 0 unspecified atom stereocenters. The zero-order valence-corrected chi connectivity index (χ0v) is 11.2. The van der Waals surface area contributed by atoms with Gasteiger partial charge in [-0.1, -0.05) is 0 Å². The molecule has 1 rings (SSSR count). The number of hydrogen-bond acceptors (Lipinski definition) is 5. The Balaban J connectivity index is 2.95.